The van der Waals surface area contributed by atoms with Crippen molar-refractivity contribution in [3.05, 3.63) is 29.8 Å². The van der Waals surface area contributed by atoms with Gasteiger partial charge in [0.1, 0.15) is 5.75 Å². The van der Waals surface area contributed by atoms with Gasteiger partial charge in [-0.25, -0.2) is 4.79 Å². The molecule has 0 heterocycles. The normalized spacial score (nSPS) is 13.7. The number of hydrogen-bond acceptors (Lipinski definition) is 3. The summed E-state index contributed by atoms with van der Waals surface area (Å²) in [6, 6.07) is 6.50. The molecule has 3 N–H and O–H groups in total. The highest BCUT2D eigenvalue weighted by molar-refractivity contribution is 5.75. The lowest BCUT2D eigenvalue weighted by atomic mass is 10.2. The van der Waals surface area contributed by atoms with E-state index in [1.54, 1.807) is 29.2 Å². The quantitative estimate of drug-likeness (QED) is 0.714. The second-order valence-electron chi connectivity index (χ2n) is 5.37. The number of carboxylic acids is 1. The van der Waals surface area contributed by atoms with E-state index in [0.29, 0.717) is 19.0 Å². The molecule has 1 aliphatic carbocycles. The van der Waals surface area contributed by atoms with Crippen molar-refractivity contribution in [1.82, 2.24) is 10.2 Å². The van der Waals surface area contributed by atoms with Crippen LogP contribution in [-0.4, -0.2) is 40.2 Å². The maximum absolute atomic E-state index is 12.1. The van der Waals surface area contributed by atoms with Crippen molar-refractivity contribution in [2.24, 2.45) is 5.92 Å². The average Bonchev–Trinajstić information content (AvgIpc) is 3.24. The number of aromatic hydroxyl groups is 1. The Morgan fingerprint density at radius 3 is 2.48 bits per heavy atom. The highest BCUT2D eigenvalue weighted by Crippen LogP contribution is 2.30. The molecule has 0 saturated heterocycles. The van der Waals surface area contributed by atoms with Crippen molar-refractivity contribution >= 4 is 12.0 Å². The van der Waals surface area contributed by atoms with Gasteiger partial charge >= 0.3 is 12.0 Å². The second kappa shape index (κ2) is 6.97. The number of phenolic OH excluding ortho intramolecular Hbond substituents is 1. The van der Waals surface area contributed by atoms with E-state index in [9.17, 15) is 14.7 Å². The molecule has 0 aliphatic heterocycles. The Morgan fingerprint density at radius 2 is 1.90 bits per heavy atom. The predicted octanol–water partition coefficient (Wildman–Crippen LogP) is 1.79. The summed E-state index contributed by atoms with van der Waals surface area (Å²) in [7, 11) is 0. The Labute approximate surface area is 123 Å². The van der Waals surface area contributed by atoms with E-state index in [0.717, 1.165) is 18.4 Å². The molecule has 0 atom stereocenters. The molecule has 1 aromatic carbocycles. The molecule has 0 radical (unpaired) electrons. The van der Waals surface area contributed by atoms with E-state index < -0.39 is 5.97 Å². The molecule has 1 fully saturated rings. The van der Waals surface area contributed by atoms with Crippen molar-refractivity contribution in [2.75, 3.05) is 13.1 Å². The molecule has 0 bridgehead atoms. The molecule has 2 rings (SSSR count). The highest BCUT2D eigenvalue weighted by Gasteiger charge is 2.26. The number of urea groups is 1. The van der Waals surface area contributed by atoms with Crippen LogP contribution >= 0.6 is 0 Å². The van der Waals surface area contributed by atoms with Crippen LogP contribution < -0.4 is 5.32 Å². The molecule has 1 aliphatic rings. The van der Waals surface area contributed by atoms with Crippen LogP contribution in [0.15, 0.2) is 24.3 Å². The summed E-state index contributed by atoms with van der Waals surface area (Å²) in [6.45, 7) is 1.26. The fourth-order valence-electron chi connectivity index (χ4n) is 2.04. The summed E-state index contributed by atoms with van der Waals surface area (Å²) in [6.07, 6.45) is 2.19. The minimum Gasteiger partial charge on any atom is -0.508 e. The van der Waals surface area contributed by atoms with Gasteiger partial charge in [-0.05, 0) is 36.5 Å². The maximum Gasteiger partial charge on any atom is 0.317 e. The molecular formula is C15H20N2O4. The summed E-state index contributed by atoms with van der Waals surface area (Å²) in [4.78, 5) is 24.3. The monoisotopic (exact) mass is 292 g/mol. The van der Waals surface area contributed by atoms with E-state index in [-0.39, 0.29) is 24.7 Å². The van der Waals surface area contributed by atoms with E-state index in [1.807, 2.05) is 0 Å². The lowest BCUT2D eigenvalue weighted by molar-refractivity contribution is -0.136. The van der Waals surface area contributed by atoms with Gasteiger partial charge in [0.15, 0.2) is 0 Å². The number of hydrogen-bond donors (Lipinski definition) is 3. The summed E-state index contributed by atoms with van der Waals surface area (Å²) in [5.74, 6) is -0.187. The first-order valence-electron chi connectivity index (χ1n) is 7.07. The van der Waals surface area contributed by atoms with E-state index in [2.05, 4.69) is 5.32 Å². The molecule has 6 heteroatoms. The topological polar surface area (TPSA) is 89.9 Å². The molecule has 6 nitrogen and oxygen atoms in total. The van der Waals surface area contributed by atoms with Gasteiger partial charge in [-0.2, -0.15) is 0 Å². The summed E-state index contributed by atoms with van der Waals surface area (Å²) in [5, 5.41) is 20.5. The zero-order valence-electron chi connectivity index (χ0n) is 11.8. The lowest BCUT2D eigenvalue weighted by Gasteiger charge is -2.23. The average molecular weight is 292 g/mol. The minimum absolute atomic E-state index is 0.0811. The number of aliphatic carboxylic acids is 1. The smallest absolute Gasteiger partial charge is 0.317 e. The number of carboxylic acid groups (broad SMARTS) is 1. The van der Waals surface area contributed by atoms with E-state index in [1.165, 1.54) is 0 Å². The van der Waals surface area contributed by atoms with E-state index >= 15 is 0 Å². The first kappa shape index (κ1) is 15.2. The number of amides is 2. The molecule has 2 amide bonds. The zero-order valence-corrected chi connectivity index (χ0v) is 11.8. The van der Waals surface area contributed by atoms with Crippen molar-refractivity contribution in [3.63, 3.8) is 0 Å². The van der Waals surface area contributed by atoms with Crippen molar-refractivity contribution in [1.29, 1.82) is 0 Å². The summed E-state index contributed by atoms with van der Waals surface area (Å²) in [5.41, 5.74) is 0.932. The third-order valence-electron chi connectivity index (χ3n) is 3.39. The van der Waals surface area contributed by atoms with Gasteiger partial charge in [-0.15, -0.1) is 0 Å². The van der Waals surface area contributed by atoms with Crippen molar-refractivity contribution < 1.29 is 19.8 Å². The molecular weight excluding hydrogens is 272 g/mol. The molecule has 0 unspecified atom stereocenters. The third-order valence-corrected chi connectivity index (χ3v) is 3.39. The van der Waals surface area contributed by atoms with Crippen LogP contribution in [0, 0.1) is 5.92 Å². The van der Waals surface area contributed by atoms with Crippen LogP contribution in [0.2, 0.25) is 0 Å². The van der Waals surface area contributed by atoms with Crippen LogP contribution in [0.1, 0.15) is 24.8 Å². The fraction of sp³-hybridized carbons (Fsp3) is 0.467. The Bertz CT molecular complexity index is 497. The van der Waals surface area contributed by atoms with Crippen LogP contribution in [-0.2, 0) is 11.3 Å². The summed E-state index contributed by atoms with van der Waals surface area (Å²) >= 11 is 0. The minimum atomic E-state index is -0.928. The Morgan fingerprint density at radius 1 is 1.24 bits per heavy atom. The summed E-state index contributed by atoms with van der Waals surface area (Å²) < 4.78 is 0. The first-order chi connectivity index (χ1) is 10.0. The third kappa shape index (κ3) is 5.33. The van der Waals surface area contributed by atoms with Gasteiger partial charge < -0.3 is 20.4 Å². The van der Waals surface area contributed by atoms with Crippen LogP contribution in [0.25, 0.3) is 0 Å². The zero-order chi connectivity index (χ0) is 15.2. The van der Waals surface area contributed by atoms with Gasteiger partial charge in [0.05, 0.1) is 6.42 Å². The van der Waals surface area contributed by atoms with Crippen LogP contribution in [0.4, 0.5) is 4.79 Å². The molecule has 1 saturated carbocycles. The molecule has 21 heavy (non-hydrogen) atoms. The molecule has 0 spiro atoms. The fourth-order valence-corrected chi connectivity index (χ4v) is 2.04. The Hall–Kier alpha value is -2.24. The first-order valence-corrected chi connectivity index (χ1v) is 7.07. The number of rotatable bonds is 7. The van der Waals surface area contributed by atoms with Gasteiger partial charge in [0.2, 0.25) is 0 Å². The Balaban J connectivity index is 1.91. The van der Waals surface area contributed by atoms with Gasteiger partial charge in [-0.1, -0.05) is 12.1 Å². The number of nitrogens with one attached hydrogen (secondary N) is 1. The number of nitrogens with zero attached hydrogens (tertiary/aromatic N) is 1. The van der Waals surface area contributed by atoms with Crippen LogP contribution in [0.3, 0.4) is 0 Å². The van der Waals surface area contributed by atoms with Crippen molar-refractivity contribution in [3.8, 4) is 5.75 Å². The Kier molecular flexibility index (Phi) is 5.03. The predicted molar refractivity (Wildman–Crippen MR) is 76.9 cm³/mol. The number of carbonyl (C=O) groups excluding carboxylic acids is 1. The number of benzene rings is 1. The maximum atomic E-state index is 12.1. The van der Waals surface area contributed by atoms with Gasteiger partial charge in [0, 0.05) is 19.6 Å². The number of carbonyl (C=O) groups is 2. The number of phenols is 1. The van der Waals surface area contributed by atoms with Crippen LogP contribution in [0.5, 0.6) is 5.75 Å². The SMILES string of the molecule is O=C(O)CCNC(=O)N(Cc1ccc(O)cc1)CC1CC1. The van der Waals surface area contributed by atoms with Gasteiger partial charge in [-0.3, -0.25) is 4.79 Å². The van der Waals surface area contributed by atoms with Gasteiger partial charge in [0.25, 0.3) is 0 Å². The molecule has 0 aromatic heterocycles. The second-order valence-corrected chi connectivity index (χ2v) is 5.37. The largest absolute Gasteiger partial charge is 0.508 e. The molecule has 1 aromatic rings. The lowest BCUT2D eigenvalue weighted by Crippen LogP contribution is -2.41. The van der Waals surface area contributed by atoms with E-state index in [4.69, 9.17) is 5.11 Å². The molecule has 114 valence electrons. The standard InChI is InChI=1S/C15H20N2O4/c18-13-5-3-12(4-6-13)10-17(9-11-1-2-11)15(21)16-8-7-14(19)20/h3-6,11,18H,1-2,7-10H2,(H,16,21)(H,19,20). The highest BCUT2D eigenvalue weighted by atomic mass is 16.4. The van der Waals surface area contributed by atoms with Crippen molar-refractivity contribution in [2.45, 2.75) is 25.8 Å².